The van der Waals surface area contributed by atoms with Crippen LogP contribution in [-0.4, -0.2) is 9.97 Å². The zero-order chi connectivity index (χ0) is 9.19. The monoisotopic (exact) mass is 165 g/mol. The Morgan fingerprint density at radius 1 is 1.33 bits per heavy atom. The largest absolute Gasteiger partial charge is 0.384 e. The highest BCUT2D eigenvalue weighted by atomic mass is 14.9. The van der Waals surface area contributed by atoms with E-state index in [2.05, 4.69) is 30.7 Å². The molecule has 0 aliphatic rings. The number of rotatable bonds is 1. The van der Waals surface area contributed by atoms with Crippen molar-refractivity contribution in [3.8, 4) is 0 Å². The molecule has 66 valence electrons. The highest BCUT2D eigenvalue weighted by molar-refractivity contribution is 5.28. The lowest BCUT2D eigenvalue weighted by Crippen LogP contribution is -2.10. The molecule has 1 aromatic rings. The molecule has 0 unspecified atom stereocenters. The molecular weight excluding hydrogens is 150 g/mol. The van der Waals surface area contributed by atoms with Gasteiger partial charge in [-0.3, -0.25) is 0 Å². The number of nitrogens with two attached hydrogens (primary N) is 1. The van der Waals surface area contributed by atoms with Crippen LogP contribution in [0, 0.1) is 5.41 Å². The number of hydrogen-bond donors (Lipinski definition) is 1. The summed E-state index contributed by atoms with van der Waals surface area (Å²) in [5.41, 5.74) is 6.79. The second-order valence-corrected chi connectivity index (χ2v) is 4.17. The molecule has 1 aromatic heterocycles. The standard InChI is InChI=1S/C9H15N3/c1-9(2,3)5-7-4-8(10)12-6-11-7/h4,6H,5H2,1-3H3,(H2,10,11,12). The van der Waals surface area contributed by atoms with Gasteiger partial charge >= 0.3 is 0 Å². The average molecular weight is 165 g/mol. The Bertz CT molecular complexity index is 263. The smallest absolute Gasteiger partial charge is 0.126 e. The molecule has 0 aromatic carbocycles. The first-order chi connectivity index (χ1) is 5.47. The van der Waals surface area contributed by atoms with E-state index in [1.165, 1.54) is 6.33 Å². The molecule has 1 rings (SSSR count). The van der Waals surface area contributed by atoms with E-state index in [4.69, 9.17) is 5.73 Å². The van der Waals surface area contributed by atoms with Crippen LogP contribution in [0.4, 0.5) is 5.82 Å². The molecule has 1 heterocycles. The van der Waals surface area contributed by atoms with Gasteiger partial charge in [0.25, 0.3) is 0 Å². The molecule has 12 heavy (non-hydrogen) atoms. The number of anilines is 1. The molecule has 0 amide bonds. The zero-order valence-corrected chi connectivity index (χ0v) is 7.83. The Hall–Kier alpha value is -1.12. The van der Waals surface area contributed by atoms with Crippen LogP contribution in [-0.2, 0) is 6.42 Å². The minimum Gasteiger partial charge on any atom is -0.384 e. The predicted octanol–water partition coefficient (Wildman–Crippen LogP) is 1.65. The normalized spacial score (nSPS) is 11.6. The van der Waals surface area contributed by atoms with Crippen LogP contribution in [0.1, 0.15) is 26.5 Å². The van der Waals surface area contributed by atoms with Crippen LogP contribution in [0.3, 0.4) is 0 Å². The predicted molar refractivity (Wildman–Crippen MR) is 49.6 cm³/mol. The maximum atomic E-state index is 5.53. The lowest BCUT2D eigenvalue weighted by atomic mass is 9.90. The summed E-state index contributed by atoms with van der Waals surface area (Å²) < 4.78 is 0. The molecule has 0 aliphatic heterocycles. The Labute approximate surface area is 73.0 Å². The van der Waals surface area contributed by atoms with Gasteiger partial charge in [0.05, 0.1) is 0 Å². The summed E-state index contributed by atoms with van der Waals surface area (Å²) >= 11 is 0. The van der Waals surface area contributed by atoms with Gasteiger partial charge in [-0.05, 0) is 11.8 Å². The maximum absolute atomic E-state index is 5.53. The molecule has 0 atom stereocenters. The van der Waals surface area contributed by atoms with Crippen LogP contribution in [0.25, 0.3) is 0 Å². The van der Waals surface area contributed by atoms with Crippen LogP contribution in [0.2, 0.25) is 0 Å². The first kappa shape index (κ1) is 8.97. The van der Waals surface area contributed by atoms with Crippen molar-refractivity contribution >= 4 is 5.82 Å². The molecule has 0 aliphatic carbocycles. The fourth-order valence-electron chi connectivity index (χ4n) is 1.05. The summed E-state index contributed by atoms with van der Waals surface area (Å²) in [6, 6.07) is 1.82. The molecule has 0 radical (unpaired) electrons. The molecule has 2 N–H and O–H groups in total. The second-order valence-electron chi connectivity index (χ2n) is 4.17. The third-order valence-electron chi connectivity index (χ3n) is 1.46. The third-order valence-corrected chi connectivity index (χ3v) is 1.46. The van der Waals surface area contributed by atoms with Crippen molar-refractivity contribution in [2.75, 3.05) is 5.73 Å². The summed E-state index contributed by atoms with van der Waals surface area (Å²) in [7, 11) is 0. The first-order valence-corrected chi connectivity index (χ1v) is 4.04. The Balaban J connectivity index is 2.77. The van der Waals surface area contributed by atoms with Gasteiger partial charge in [-0.25, -0.2) is 9.97 Å². The van der Waals surface area contributed by atoms with Crippen LogP contribution in [0.5, 0.6) is 0 Å². The lowest BCUT2D eigenvalue weighted by Gasteiger charge is -2.16. The number of aromatic nitrogens is 2. The molecule has 0 bridgehead atoms. The van der Waals surface area contributed by atoms with Crippen molar-refractivity contribution in [2.45, 2.75) is 27.2 Å². The van der Waals surface area contributed by atoms with E-state index in [0.717, 1.165) is 12.1 Å². The van der Waals surface area contributed by atoms with Crippen LogP contribution in [0.15, 0.2) is 12.4 Å². The fourth-order valence-corrected chi connectivity index (χ4v) is 1.05. The van der Waals surface area contributed by atoms with E-state index in [0.29, 0.717) is 5.82 Å². The highest BCUT2D eigenvalue weighted by Gasteiger charge is 2.11. The molecular formula is C9H15N3. The Morgan fingerprint density at radius 3 is 2.50 bits per heavy atom. The van der Waals surface area contributed by atoms with Gasteiger partial charge in [-0.15, -0.1) is 0 Å². The topological polar surface area (TPSA) is 51.8 Å². The summed E-state index contributed by atoms with van der Waals surface area (Å²) in [6.45, 7) is 6.52. The number of nitrogen functional groups attached to an aromatic ring is 1. The minimum atomic E-state index is 0.251. The zero-order valence-electron chi connectivity index (χ0n) is 7.83. The van der Waals surface area contributed by atoms with E-state index in [1.807, 2.05) is 6.07 Å². The van der Waals surface area contributed by atoms with Gasteiger partial charge in [0.2, 0.25) is 0 Å². The summed E-state index contributed by atoms with van der Waals surface area (Å²) in [6.07, 6.45) is 2.44. The van der Waals surface area contributed by atoms with Gasteiger partial charge in [-0.2, -0.15) is 0 Å². The van der Waals surface area contributed by atoms with Gasteiger partial charge in [0, 0.05) is 11.8 Å². The summed E-state index contributed by atoms with van der Waals surface area (Å²) in [5, 5.41) is 0. The van der Waals surface area contributed by atoms with E-state index >= 15 is 0 Å². The van der Waals surface area contributed by atoms with E-state index in [-0.39, 0.29) is 5.41 Å². The molecule has 0 spiro atoms. The van der Waals surface area contributed by atoms with Gasteiger partial charge in [0.1, 0.15) is 12.1 Å². The summed E-state index contributed by atoms with van der Waals surface area (Å²) in [5.74, 6) is 0.546. The Morgan fingerprint density at radius 2 is 2.00 bits per heavy atom. The average Bonchev–Trinajstić information content (AvgIpc) is 1.82. The quantitative estimate of drug-likeness (QED) is 0.688. The van der Waals surface area contributed by atoms with Crippen LogP contribution < -0.4 is 5.73 Å². The van der Waals surface area contributed by atoms with E-state index in [9.17, 15) is 0 Å². The molecule has 0 fully saturated rings. The SMILES string of the molecule is CC(C)(C)Cc1cc(N)ncn1. The lowest BCUT2D eigenvalue weighted by molar-refractivity contribution is 0.406. The second kappa shape index (κ2) is 3.09. The number of hydrogen-bond acceptors (Lipinski definition) is 3. The van der Waals surface area contributed by atoms with Gasteiger partial charge in [0.15, 0.2) is 0 Å². The summed E-state index contributed by atoms with van der Waals surface area (Å²) in [4.78, 5) is 7.97. The highest BCUT2D eigenvalue weighted by Crippen LogP contribution is 2.19. The van der Waals surface area contributed by atoms with Crippen molar-refractivity contribution in [2.24, 2.45) is 5.41 Å². The minimum absolute atomic E-state index is 0.251. The van der Waals surface area contributed by atoms with Crippen molar-refractivity contribution in [1.29, 1.82) is 0 Å². The number of nitrogens with zero attached hydrogens (tertiary/aromatic N) is 2. The molecule has 0 saturated heterocycles. The first-order valence-electron chi connectivity index (χ1n) is 4.04. The molecule has 3 nitrogen and oxygen atoms in total. The van der Waals surface area contributed by atoms with E-state index < -0.39 is 0 Å². The molecule has 3 heteroatoms. The van der Waals surface area contributed by atoms with Gasteiger partial charge in [-0.1, -0.05) is 20.8 Å². The van der Waals surface area contributed by atoms with Crippen molar-refractivity contribution in [3.05, 3.63) is 18.1 Å². The third kappa shape index (κ3) is 2.86. The molecule has 0 saturated carbocycles. The van der Waals surface area contributed by atoms with E-state index in [1.54, 1.807) is 0 Å². The maximum Gasteiger partial charge on any atom is 0.126 e. The fraction of sp³-hybridized carbons (Fsp3) is 0.556. The van der Waals surface area contributed by atoms with Crippen LogP contribution >= 0.6 is 0 Å². The van der Waals surface area contributed by atoms with Gasteiger partial charge < -0.3 is 5.73 Å². The Kier molecular flexibility index (Phi) is 2.31. The van der Waals surface area contributed by atoms with Crippen molar-refractivity contribution in [1.82, 2.24) is 9.97 Å². The van der Waals surface area contributed by atoms with Crippen molar-refractivity contribution < 1.29 is 0 Å². The van der Waals surface area contributed by atoms with Crippen molar-refractivity contribution in [3.63, 3.8) is 0 Å².